The predicted molar refractivity (Wildman–Crippen MR) is 105 cm³/mol. The number of imidazole rings is 1. The number of aromatic hydroxyl groups is 1. The average molecular weight is 426 g/mol. The summed E-state index contributed by atoms with van der Waals surface area (Å²) in [5.74, 6) is -1.27. The molecule has 1 aliphatic rings. The first-order chi connectivity index (χ1) is 15.0. The summed E-state index contributed by atoms with van der Waals surface area (Å²) in [6.45, 7) is -0.0399. The van der Waals surface area contributed by atoms with E-state index in [4.69, 9.17) is 0 Å². The lowest BCUT2D eigenvalue weighted by Crippen LogP contribution is -2.24. The van der Waals surface area contributed by atoms with E-state index in [-0.39, 0.29) is 35.7 Å². The van der Waals surface area contributed by atoms with Gasteiger partial charge in [0.15, 0.2) is 5.65 Å². The monoisotopic (exact) mass is 426 g/mol. The summed E-state index contributed by atoms with van der Waals surface area (Å²) < 4.78 is 28.8. The van der Waals surface area contributed by atoms with Gasteiger partial charge in [-0.15, -0.1) is 0 Å². The van der Waals surface area contributed by atoms with Gasteiger partial charge >= 0.3 is 5.69 Å². The third-order valence-corrected chi connectivity index (χ3v) is 4.70. The minimum absolute atomic E-state index is 0.0399. The fraction of sp³-hybridized carbons (Fsp3) is 0.211. The van der Waals surface area contributed by atoms with E-state index in [0.29, 0.717) is 16.5 Å². The summed E-state index contributed by atoms with van der Waals surface area (Å²) >= 11 is 0. The Morgan fingerprint density at radius 2 is 2.13 bits per heavy atom. The van der Waals surface area contributed by atoms with Crippen molar-refractivity contribution >= 4 is 17.7 Å². The molecule has 1 aromatic carbocycles. The molecule has 0 aliphatic heterocycles. The molecule has 0 unspecified atom stereocenters. The highest BCUT2D eigenvalue weighted by atomic mass is 19.1. The third-order valence-electron chi connectivity index (χ3n) is 4.70. The zero-order valence-corrected chi connectivity index (χ0v) is 15.9. The molecule has 0 spiro atoms. The Morgan fingerprint density at radius 1 is 1.29 bits per heavy atom. The molecular weight excluding hydrogens is 410 g/mol. The van der Waals surface area contributed by atoms with E-state index in [9.17, 15) is 18.7 Å². The number of nitrogens with one attached hydrogen (secondary N) is 3. The first-order valence-electron chi connectivity index (χ1n) is 9.47. The number of rotatable bonds is 5. The summed E-state index contributed by atoms with van der Waals surface area (Å²) in [5.41, 5.74) is 0.396. The topological polar surface area (TPSA) is 136 Å². The van der Waals surface area contributed by atoms with Crippen LogP contribution in [0.4, 0.5) is 14.7 Å². The van der Waals surface area contributed by atoms with Crippen molar-refractivity contribution in [3.8, 4) is 5.88 Å². The summed E-state index contributed by atoms with van der Waals surface area (Å²) in [6.07, 6.45) is 4.89. The van der Waals surface area contributed by atoms with Gasteiger partial charge in [-0.1, -0.05) is 0 Å². The van der Waals surface area contributed by atoms with Crippen molar-refractivity contribution in [2.75, 3.05) is 5.32 Å². The summed E-state index contributed by atoms with van der Waals surface area (Å²) in [4.78, 5) is 29.4. The van der Waals surface area contributed by atoms with Crippen LogP contribution in [0, 0.1) is 11.6 Å². The van der Waals surface area contributed by atoms with Gasteiger partial charge in [-0.05, 0) is 37.1 Å². The Bertz CT molecular complexity index is 1470. The third kappa shape index (κ3) is 3.86. The van der Waals surface area contributed by atoms with Gasteiger partial charge < -0.3 is 15.4 Å². The second-order valence-corrected chi connectivity index (χ2v) is 7.12. The van der Waals surface area contributed by atoms with Crippen molar-refractivity contribution in [1.82, 2.24) is 29.5 Å². The smallest absolute Gasteiger partial charge is 0.326 e. The Kier molecular flexibility index (Phi) is 4.46. The van der Waals surface area contributed by atoms with Crippen molar-refractivity contribution in [1.29, 1.82) is 0 Å². The van der Waals surface area contributed by atoms with Gasteiger partial charge in [-0.3, -0.25) is 4.98 Å². The van der Waals surface area contributed by atoms with Crippen molar-refractivity contribution in [2.45, 2.75) is 25.4 Å². The molecular formula is C19H16F2N8O2. The standard InChI is InChI=1S/C19H16F2N8O2/c20-11-1-4-13(21)9(5-11)7-22-17-26-15-10(6-14-16(30)27-19(31)25-14)8-23-29(15)18(28-17)24-12-2-3-12/h1,4-6,8,12,30H,2-3,7H2,(H,22,24,28)(H2,25,27,31). The van der Waals surface area contributed by atoms with Crippen LogP contribution in [0.3, 0.4) is 0 Å². The first-order valence-corrected chi connectivity index (χ1v) is 9.47. The zero-order valence-electron chi connectivity index (χ0n) is 15.9. The lowest BCUT2D eigenvalue weighted by molar-refractivity contribution is 0.454. The molecule has 12 heteroatoms. The SMILES string of the molecule is O=c1[nH]c(O)c(C=c2cnn3c(=NC4CC4)nc(NCc4cc(F)ccc4F)nc23)[nH]1. The molecule has 1 saturated carbocycles. The summed E-state index contributed by atoms with van der Waals surface area (Å²) in [7, 11) is 0. The van der Waals surface area contributed by atoms with E-state index in [1.54, 1.807) is 0 Å². The molecule has 0 saturated heterocycles. The number of halogens is 2. The molecule has 0 atom stereocenters. The van der Waals surface area contributed by atoms with Crippen molar-refractivity contribution in [2.24, 2.45) is 4.99 Å². The van der Waals surface area contributed by atoms with Gasteiger partial charge in [0, 0.05) is 17.3 Å². The Hall–Kier alpha value is -4.09. The number of anilines is 1. The zero-order chi connectivity index (χ0) is 21.5. The predicted octanol–water partition coefficient (Wildman–Crippen LogP) is 0.347. The minimum atomic E-state index is -0.557. The van der Waals surface area contributed by atoms with Gasteiger partial charge in [0.05, 0.1) is 12.2 Å². The van der Waals surface area contributed by atoms with Gasteiger partial charge in [-0.2, -0.15) is 19.6 Å². The van der Waals surface area contributed by atoms with Crippen molar-refractivity contribution < 1.29 is 13.9 Å². The molecule has 4 N–H and O–H groups in total. The molecule has 0 bridgehead atoms. The van der Waals surface area contributed by atoms with E-state index in [1.807, 2.05) is 0 Å². The maximum atomic E-state index is 13.9. The largest absolute Gasteiger partial charge is 0.493 e. The second-order valence-electron chi connectivity index (χ2n) is 7.12. The van der Waals surface area contributed by atoms with E-state index >= 15 is 0 Å². The quantitative estimate of drug-likeness (QED) is 0.364. The maximum absolute atomic E-state index is 13.9. The molecule has 0 amide bonds. The number of fused-ring (bicyclic) bond motifs is 1. The molecule has 1 aliphatic carbocycles. The highest BCUT2D eigenvalue weighted by molar-refractivity contribution is 5.57. The van der Waals surface area contributed by atoms with Crippen LogP contribution in [0.25, 0.3) is 11.7 Å². The van der Waals surface area contributed by atoms with Crippen LogP contribution in [0.2, 0.25) is 0 Å². The Balaban J connectivity index is 1.59. The highest BCUT2D eigenvalue weighted by Gasteiger charge is 2.21. The Labute approximate surface area is 172 Å². The van der Waals surface area contributed by atoms with Crippen molar-refractivity contribution in [3.63, 3.8) is 0 Å². The van der Waals surface area contributed by atoms with Gasteiger partial charge in [0.1, 0.15) is 17.3 Å². The molecule has 4 aromatic rings. The van der Waals surface area contributed by atoms with Crippen LogP contribution in [-0.4, -0.2) is 40.7 Å². The number of aromatic amines is 2. The van der Waals surface area contributed by atoms with Crippen LogP contribution in [-0.2, 0) is 6.54 Å². The first kappa shape index (κ1) is 18.9. The van der Waals surface area contributed by atoms with Gasteiger partial charge in [-0.25, -0.2) is 18.6 Å². The minimum Gasteiger partial charge on any atom is -0.493 e. The highest BCUT2D eigenvalue weighted by Crippen LogP contribution is 2.22. The fourth-order valence-corrected chi connectivity index (χ4v) is 3.01. The van der Waals surface area contributed by atoms with E-state index in [2.05, 4.69) is 35.3 Å². The molecule has 3 heterocycles. The number of H-pyrrole nitrogens is 2. The van der Waals surface area contributed by atoms with Crippen LogP contribution in [0.1, 0.15) is 24.1 Å². The molecule has 10 nitrogen and oxygen atoms in total. The van der Waals surface area contributed by atoms with E-state index in [0.717, 1.165) is 31.0 Å². The van der Waals surface area contributed by atoms with Crippen LogP contribution >= 0.6 is 0 Å². The van der Waals surface area contributed by atoms with E-state index < -0.39 is 17.3 Å². The summed E-state index contributed by atoms with van der Waals surface area (Å²) in [6, 6.07) is 3.34. The molecule has 31 heavy (non-hydrogen) atoms. The normalized spacial score (nSPS) is 15.2. The molecule has 0 radical (unpaired) electrons. The number of aromatic nitrogens is 6. The molecule has 3 aromatic heterocycles. The van der Waals surface area contributed by atoms with Crippen LogP contribution in [0.5, 0.6) is 5.88 Å². The van der Waals surface area contributed by atoms with Gasteiger partial charge in [0.2, 0.25) is 11.8 Å². The number of benzene rings is 1. The number of nitrogens with zero attached hydrogens (tertiary/aromatic N) is 5. The van der Waals surface area contributed by atoms with Crippen LogP contribution in [0.15, 0.2) is 34.2 Å². The number of hydrogen-bond donors (Lipinski definition) is 4. The van der Waals surface area contributed by atoms with Crippen LogP contribution < -0.4 is 21.8 Å². The average Bonchev–Trinajstić information content (AvgIpc) is 3.37. The number of hydrogen-bond acceptors (Lipinski definition) is 7. The fourth-order valence-electron chi connectivity index (χ4n) is 3.01. The molecule has 158 valence electrons. The van der Waals surface area contributed by atoms with Gasteiger partial charge in [0.25, 0.3) is 5.62 Å². The lowest BCUT2D eigenvalue weighted by Gasteiger charge is -2.06. The second kappa shape index (κ2) is 7.31. The lowest BCUT2D eigenvalue weighted by atomic mass is 10.2. The van der Waals surface area contributed by atoms with E-state index in [1.165, 1.54) is 16.8 Å². The summed E-state index contributed by atoms with van der Waals surface area (Å²) in [5, 5.41) is 17.5. The van der Waals surface area contributed by atoms with Crippen molar-refractivity contribution in [3.05, 3.63) is 68.6 Å². The molecule has 1 fully saturated rings. The molecule has 5 rings (SSSR count). The Morgan fingerprint density at radius 3 is 2.87 bits per heavy atom. The maximum Gasteiger partial charge on any atom is 0.326 e.